The number of nitrogens with zero attached hydrogens (tertiary/aromatic N) is 2. The highest BCUT2D eigenvalue weighted by molar-refractivity contribution is 7.71. The van der Waals surface area contributed by atoms with E-state index in [9.17, 15) is 0 Å². The minimum atomic E-state index is 0.146. The van der Waals surface area contributed by atoms with Crippen molar-refractivity contribution in [1.29, 1.82) is 0 Å². The number of rotatable bonds is 0. The number of ether oxygens (including phenoxy) is 1. The lowest BCUT2D eigenvalue weighted by Crippen LogP contribution is -2.14. The fourth-order valence-electron chi connectivity index (χ4n) is 1.50. The highest BCUT2D eigenvalue weighted by Gasteiger charge is 2.13. The zero-order valence-corrected chi connectivity index (χ0v) is 7.95. The van der Waals surface area contributed by atoms with E-state index < -0.39 is 0 Å². The van der Waals surface area contributed by atoms with Gasteiger partial charge in [0.05, 0.1) is 10.9 Å². The van der Waals surface area contributed by atoms with E-state index in [4.69, 9.17) is 21.8 Å². The van der Waals surface area contributed by atoms with Crippen molar-refractivity contribution in [1.82, 2.24) is 9.71 Å². The van der Waals surface area contributed by atoms with Crippen LogP contribution in [-0.2, 0) is 0 Å². The van der Waals surface area contributed by atoms with E-state index in [0.29, 0.717) is 10.7 Å². The summed E-state index contributed by atoms with van der Waals surface area (Å²) in [7, 11) is 0. The zero-order chi connectivity index (χ0) is 9.54. The van der Waals surface area contributed by atoms with Crippen molar-refractivity contribution in [3.05, 3.63) is 29.0 Å². The smallest absolute Gasteiger partial charge is 0.255 e. The van der Waals surface area contributed by atoms with E-state index in [0.717, 1.165) is 10.9 Å². The van der Waals surface area contributed by atoms with Crippen molar-refractivity contribution in [2.75, 3.05) is 6.79 Å². The third kappa shape index (κ3) is 0.927. The lowest BCUT2D eigenvalue weighted by molar-refractivity contribution is 0.0171. The maximum absolute atomic E-state index is 5.29. The number of aromatic nitrogens is 2. The number of fused-ring (bicyclic) bond motifs is 3. The van der Waals surface area contributed by atoms with Gasteiger partial charge in [0.25, 0.3) is 6.79 Å². The second-order valence-electron chi connectivity index (χ2n) is 2.90. The molecule has 0 N–H and O–H groups in total. The minimum absolute atomic E-state index is 0.146. The number of hydrogen-bond acceptors (Lipinski definition) is 4. The van der Waals surface area contributed by atoms with Crippen molar-refractivity contribution >= 4 is 23.1 Å². The van der Waals surface area contributed by atoms with Crippen LogP contribution in [0.2, 0.25) is 0 Å². The summed E-state index contributed by atoms with van der Waals surface area (Å²) >= 11 is 5.05. The number of para-hydroxylation sites is 1. The van der Waals surface area contributed by atoms with Gasteiger partial charge in [-0.25, -0.2) is 0 Å². The van der Waals surface area contributed by atoms with E-state index in [2.05, 4.69) is 4.98 Å². The molecular weight excluding hydrogens is 200 g/mol. The van der Waals surface area contributed by atoms with Gasteiger partial charge in [-0.05, 0) is 24.4 Å². The molecule has 70 valence electrons. The largest absolute Gasteiger partial charge is 0.437 e. The molecule has 1 aromatic heterocycles. The summed E-state index contributed by atoms with van der Waals surface area (Å²) in [5.74, 6) is 0.541. The third-order valence-electron chi connectivity index (χ3n) is 2.10. The molecule has 0 amide bonds. The standard InChI is InChI=1S/C9H6N2O2S/c14-9-10-8-6-3-1-2-4-7(6)11(9)13-5-12-8/h1-4H,5H2. The fourth-order valence-corrected chi connectivity index (χ4v) is 1.73. The number of hydrogen-bond donors (Lipinski definition) is 0. The lowest BCUT2D eigenvalue weighted by atomic mass is 10.2. The molecule has 2 bridgehead atoms. The lowest BCUT2D eigenvalue weighted by Gasteiger charge is -2.04. The molecule has 1 aromatic carbocycles. The van der Waals surface area contributed by atoms with Crippen LogP contribution in [0, 0.1) is 4.77 Å². The summed E-state index contributed by atoms with van der Waals surface area (Å²) < 4.78 is 7.19. The summed E-state index contributed by atoms with van der Waals surface area (Å²) in [6.07, 6.45) is 0. The molecule has 3 heterocycles. The van der Waals surface area contributed by atoms with Crippen LogP contribution < -0.4 is 9.57 Å². The van der Waals surface area contributed by atoms with Crippen LogP contribution in [0.25, 0.3) is 10.9 Å². The van der Waals surface area contributed by atoms with Crippen molar-refractivity contribution in [3.63, 3.8) is 0 Å². The van der Waals surface area contributed by atoms with Crippen LogP contribution in [0.1, 0.15) is 0 Å². The van der Waals surface area contributed by atoms with Crippen LogP contribution in [0.3, 0.4) is 0 Å². The highest BCUT2D eigenvalue weighted by atomic mass is 32.1. The second-order valence-corrected chi connectivity index (χ2v) is 3.27. The van der Waals surface area contributed by atoms with E-state index in [1.54, 1.807) is 0 Å². The summed E-state index contributed by atoms with van der Waals surface area (Å²) in [6.45, 7) is 0.146. The molecule has 14 heavy (non-hydrogen) atoms. The quantitative estimate of drug-likeness (QED) is 0.613. The summed E-state index contributed by atoms with van der Waals surface area (Å²) in [6, 6.07) is 7.70. The molecule has 0 aliphatic carbocycles. The maximum atomic E-state index is 5.29. The average Bonchev–Trinajstić information content (AvgIpc) is 2.49. The Hall–Kier alpha value is -1.62. The Kier molecular flexibility index (Phi) is 1.49. The number of benzene rings is 1. The molecule has 0 radical (unpaired) electrons. The van der Waals surface area contributed by atoms with Gasteiger partial charge in [0.2, 0.25) is 10.7 Å². The normalized spacial score (nSPS) is 13.4. The molecule has 0 saturated carbocycles. The van der Waals surface area contributed by atoms with Gasteiger partial charge < -0.3 is 9.57 Å². The maximum Gasteiger partial charge on any atom is 0.255 e. The summed E-state index contributed by atoms with van der Waals surface area (Å²) in [5.41, 5.74) is 0.889. The minimum Gasteiger partial charge on any atom is -0.437 e. The van der Waals surface area contributed by atoms with Gasteiger partial charge in [0, 0.05) is 0 Å². The Morgan fingerprint density at radius 2 is 2.21 bits per heavy atom. The first-order chi connectivity index (χ1) is 6.86. The van der Waals surface area contributed by atoms with Gasteiger partial charge in [0.1, 0.15) is 0 Å². The van der Waals surface area contributed by atoms with Crippen LogP contribution in [0.15, 0.2) is 24.3 Å². The van der Waals surface area contributed by atoms with Gasteiger partial charge in [-0.1, -0.05) is 12.1 Å². The van der Waals surface area contributed by atoms with Gasteiger partial charge in [-0.3, -0.25) is 0 Å². The van der Waals surface area contributed by atoms with Crippen molar-refractivity contribution in [2.45, 2.75) is 0 Å². The molecule has 0 atom stereocenters. The predicted molar refractivity (Wildman–Crippen MR) is 52.6 cm³/mol. The molecule has 0 spiro atoms. The SMILES string of the molecule is S=c1nc2c3ccccc3n1OCO2. The third-order valence-corrected chi connectivity index (χ3v) is 2.36. The predicted octanol–water partition coefficient (Wildman–Crippen LogP) is 1.54. The van der Waals surface area contributed by atoms with E-state index in [-0.39, 0.29) is 6.79 Å². The van der Waals surface area contributed by atoms with Crippen molar-refractivity contribution in [2.24, 2.45) is 0 Å². The molecule has 0 saturated heterocycles. The summed E-state index contributed by atoms with van der Waals surface area (Å²) in [5, 5.41) is 0.915. The van der Waals surface area contributed by atoms with Crippen LogP contribution in [0.4, 0.5) is 0 Å². The first kappa shape index (κ1) is 7.75. The zero-order valence-electron chi connectivity index (χ0n) is 7.14. The van der Waals surface area contributed by atoms with Gasteiger partial charge in [-0.15, -0.1) is 4.73 Å². The molecule has 0 unspecified atom stereocenters. The molecule has 4 nitrogen and oxygen atoms in total. The van der Waals surface area contributed by atoms with Crippen LogP contribution in [-0.4, -0.2) is 16.5 Å². The Morgan fingerprint density at radius 3 is 3.14 bits per heavy atom. The monoisotopic (exact) mass is 206 g/mol. The molecule has 5 heteroatoms. The Morgan fingerprint density at radius 1 is 1.36 bits per heavy atom. The molecule has 0 fully saturated rings. The molecular formula is C9H6N2O2S. The molecule has 2 aliphatic rings. The van der Waals surface area contributed by atoms with Gasteiger partial charge in [-0.2, -0.15) is 4.98 Å². The van der Waals surface area contributed by atoms with Crippen molar-refractivity contribution in [3.8, 4) is 5.88 Å². The van der Waals surface area contributed by atoms with E-state index in [1.165, 1.54) is 4.73 Å². The van der Waals surface area contributed by atoms with Gasteiger partial charge >= 0.3 is 0 Å². The summed E-state index contributed by atoms with van der Waals surface area (Å²) in [4.78, 5) is 9.40. The van der Waals surface area contributed by atoms with E-state index >= 15 is 0 Å². The first-order valence-electron chi connectivity index (χ1n) is 4.14. The Labute approximate surface area is 84.7 Å². The Balaban J connectivity index is 2.59. The average molecular weight is 206 g/mol. The first-order valence-corrected chi connectivity index (χ1v) is 4.55. The highest BCUT2D eigenvalue weighted by Crippen LogP contribution is 2.24. The van der Waals surface area contributed by atoms with Crippen molar-refractivity contribution < 1.29 is 9.57 Å². The second kappa shape index (κ2) is 2.68. The van der Waals surface area contributed by atoms with E-state index in [1.807, 2.05) is 24.3 Å². The molecule has 2 aliphatic heterocycles. The van der Waals surface area contributed by atoms with Gasteiger partial charge in [0.15, 0.2) is 0 Å². The Bertz CT molecular complexity index is 564. The molecule has 2 aromatic rings. The van der Waals surface area contributed by atoms with Crippen LogP contribution >= 0.6 is 12.2 Å². The topological polar surface area (TPSA) is 36.3 Å². The van der Waals surface area contributed by atoms with Crippen LogP contribution in [0.5, 0.6) is 5.88 Å². The fraction of sp³-hybridized carbons (Fsp3) is 0.111. The molecule has 4 rings (SSSR count).